The number of nitrogens with one attached hydrogen (secondary N) is 1. The van der Waals surface area contributed by atoms with Crippen LogP contribution >= 0.6 is 0 Å². The van der Waals surface area contributed by atoms with Gasteiger partial charge in [-0.25, -0.2) is 0 Å². The smallest absolute Gasteiger partial charge is 0.306 e. The number of para-hydroxylation sites is 1. The molecular formula is C15H21NO4. The van der Waals surface area contributed by atoms with Gasteiger partial charge in [-0.1, -0.05) is 18.2 Å². The van der Waals surface area contributed by atoms with Crippen molar-refractivity contribution in [2.45, 2.75) is 32.7 Å². The Morgan fingerprint density at radius 2 is 1.95 bits per heavy atom. The molecule has 20 heavy (non-hydrogen) atoms. The third-order valence-corrected chi connectivity index (χ3v) is 2.84. The third kappa shape index (κ3) is 4.91. The van der Waals surface area contributed by atoms with E-state index in [9.17, 15) is 9.59 Å². The molecule has 5 heteroatoms. The minimum Gasteiger partial charge on any atom is -0.496 e. The minimum atomic E-state index is -0.354. The number of hydrogen-bond donors (Lipinski definition) is 1. The van der Waals surface area contributed by atoms with Gasteiger partial charge in [0.25, 0.3) is 0 Å². The summed E-state index contributed by atoms with van der Waals surface area (Å²) in [6.45, 7) is 3.94. The van der Waals surface area contributed by atoms with Crippen molar-refractivity contribution in [1.29, 1.82) is 0 Å². The zero-order valence-corrected chi connectivity index (χ0v) is 12.1. The summed E-state index contributed by atoms with van der Waals surface area (Å²) in [6, 6.07) is 7.32. The highest BCUT2D eigenvalue weighted by atomic mass is 16.5. The number of amides is 1. The lowest BCUT2D eigenvalue weighted by Crippen LogP contribution is -2.27. The largest absolute Gasteiger partial charge is 0.496 e. The molecule has 5 nitrogen and oxygen atoms in total. The monoisotopic (exact) mass is 279 g/mol. The van der Waals surface area contributed by atoms with Crippen molar-refractivity contribution in [2.24, 2.45) is 0 Å². The Labute approximate surface area is 119 Å². The van der Waals surface area contributed by atoms with Crippen LogP contribution in [0.3, 0.4) is 0 Å². The van der Waals surface area contributed by atoms with E-state index in [0.717, 1.165) is 11.3 Å². The Morgan fingerprint density at radius 1 is 1.25 bits per heavy atom. The summed E-state index contributed by atoms with van der Waals surface area (Å²) in [5.41, 5.74) is 0.902. The minimum absolute atomic E-state index is 0.0956. The van der Waals surface area contributed by atoms with Crippen molar-refractivity contribution >= 4 is 11.9 Å². The van der Waals surface area contributed by atoms with Crippen LogP contribution in [0.5, 0.6) is 5.75 Å². The second-order valence-corrected chi connectivity index (χ2v) is 4.34. The topological polar surface area (TPSA) is 64.6 Å². The quantitative estimate of drug-likeness (QED) is 0.777. The summed E-state index contributed by atoms with van der Waals surface area (Å²) in [5.74, 6) is 0.190. The van der Waals surface area contributed by atoms with Crippen LogP contribution in [-0.4, -0.2) is 25.6 Å². The van der Waals surface area contributed by atoms with Crippen molar-refractivity contribution in [3.05, 3.63) is 29.8 Å². The fourth-order valence-electron chi connectivity index (χ4n) is 1.86. The van der Waals surface area contributed by atoms with Crippen molar-refractivity contribution in [3.63, 3.8) is 0 Å². The van der Waals surface area contributed by atoms with Crippen molar-refractivity contribution < 1.29 is 19.1 Å². The first kappa shape index (κ1) is 16.0. The second kappa shape index (κ2) is 8.19. The predicted octanol–water partition coefficient (Wildman–Crippen LogP) is 2.22. The van der Waals surface area contributed by atoms with Crippen LogP contribution in [0, 0.1) is 0 Å². The number of ether oxygens (including phenoxy) is 2. The molecule has 0 saturated carbocycles. The summed E-state index contributed by atoms with van der Waals surface area (Å²) in [6.07, 6.45) is 0.219. The summed E-state index contributed by atoms with van der Waals surface area (Å²) in [5, 5.41) is 2.84. The molecule has 1 rings (SSSR count). The molecule has 1 amide bonds. The van der Waals surface area contributed by atoms with Crippen LogP contribution in [0.25, 0.3) is 0 Å². The predicted molar refractivity (Wildman–Crippen MR) is 75.4 cm³/mol. The summed E-state index contributed by atoms with van der Waals surface area (Å²) < 4.78 is 10.0. The van der Waals surface area contributed by atoms with Crippen LogP contribution in [0.1, 0.15) is 38.3 Å². The molecule has 0 aliphatic heterocycles. The molecule has 0 bridgehead atoms. The normalized spacial score (nSPS) is 11.6. The highest BCUT2D eigenvalue weighted by Gasteiger charge is 2.14. The fourth-order valence-corrected chi connectivity index (χ4v) is 1.86. The molecule has 1 atom stereocenters. The molecule has 110 valence electrons. The fraction of sp³-hybridized carbons (Fsp3) is 0.467. The van der Waals surface area contributed by atoms with Crippen molar-refractivity contribution in [1.82, 2.24) is 5.32 Å². The van der Waals surface area contributed by atoms with E-state index in [4.69, 9.17) is 9.47 Å². The molecule has 0 spiro atoms. The Bertz CT molecular complexity index is 459. The first-order valence-corrected chi connectivity index (χ1v) is 6.66. The molecule has 0 unspecified atom stereocenters. The number of methoxy groups -OCH3 is 1. The molecule has 0 saturated heterocycles. The molecule has 1 N–H and O–H groups in total. The lowest BCUT2D eigenvalue weighted by Gasteiger charge is -2.17. The number of rotatable bonds is 7. The van der Waals surface area contributed by atoms with Gasteiger partial charge in [-0.15, -0.1) is 0 Å². The molecule has 0 aliphatic rings. The van der Waals surface area contributed by atoms with Gasteiger partial charge in [0.05, 0.1) is 26.2 Å². The first-order valence-electron chi connectivity index (χ1n) is 6.66. The van der Waals surface area contributed by atoms with Crippen LogP contribution in [0.4, 0.5) is 0 Å². The molecule has 1 aromatic carbocycles. The average Bonchev–Trinajstić information content (AvgIpc) is 2.45. The van der Waals surface area contributed by atoms with E-state index < -0.39 is 0 Å². The van der Waals surface area contributed by atoms with Gasteiger partial charge in [-0.3, -0.25) is 9.59 Å². The zero-order valence-electron chi connectivity index (χ0n) is 12.1. The molecule has 0 fully saturated rings. The number of benzene rings is 1. The van der Waals surface area contributed by atoms with E-state index >= 15 is 0 Å². The van der Waals surface area contributed by atoms with Crippen molar-refractivity contribution in [3.8, 4) is 5.75 Å². The van der Waals surface area contributed by atoms with E-state index in [1.165, 1.54) is 0 Å². The van der Waals surface area contributed by atoms with Crippen LogP contribution in [-0.2, 0) is 14.3 Å². The lowest BCUT2D eigenvalue weighted by molar-refractivity contribution is -0.144. The lowest BCUT2D eigenvalue weighted by atomic mass is 10.1. The SMILES string of the molecule is CCOC(=O)CCC(=O)N[C@H](C)c1ccccc1OC. The van der Waals surface area contributed by atoms with E-state index in [-0.39, 0.29) is 30.8 Å². The highest BCUT2D eigenvalue weighted by Crippen LogP contribution is 2.24. The number of carbonyl (C=O) groups excluding carboxylic acids is 2. The summed E-state index contributed by atoms with van der Waals surface area (Å²) >= 11 is 0. The van der Waals surface area contributed by atoms with E-state index in [1.807, 2.05) is 31.2 Å². The van der Waals surface area contributed by atoms with Gasteiger partial charge in [0, 0.05) is 12.0 Å². The maximum absolute atomic E-state index is 11.8. The van der Waals surface area contributed by atoms with Gasteiger partial charge in [0.2, 0.25) is 5.91 Å². The molecule has 0 aliphatic carbocycles. The Balaban J connectivity index is 2.51. The maximum atomic E-state index is 11.8. The molecule has 1 aromatic rings. The van der Waals surface area contributed by atoms with E-state index in [1.54, 1.807) is 14.0 Å². The number of carbonyl (C=O) groups is 2. The second-order valence-electron chi connectivity index (χ2n) is 4.34. The van der Waals surface area contributed by atoms with Gasteiger partial charge in [-0.05, 0) is 19.9 Å². The summed E-state index contributed by atoms with van der Waals surface area (Å²) in [7, 11) is 1.59. The van der Waals surface area contributed by atoms with Crippen molar-refractivity contribution in [2.75, 3.05) is 13.7 Å². The standard InChI is InChI=1S/C15H21NO4/c1-4-20-15(18)10-9-14(17)16-11(2)12-7-5-6-8-13(12)19-3/h5-8,11H,4,9-10H2,1-3H3,(H,16,17)/t11-/m1/s1. The van der Waals surface area contributed by atoms with Gasteiger partial charge < -0.3 is 14.8 Å². The molecular weight excluding hydrogens is 258 g/mol. The van der Waals surface area contributed by atoms with E-state index in [0.29, 0.717) is 6.61 Å². The summed E-state index contributed by atoms with van der Waals surface area (Å²) in [4.78, 5) is 23.0. The van der Waals surface area contributed by atoms with Gasteiger partial charge in [-0.2, -0.15) is 0 Å². The van der Waals surface area contributed by atoms with Crippen LogP contribution < -0.4 is 10.1 Å². The molecule has 0 radical (unpaired) electrons. The zero-order chi connectivity index (χ0) is 15.0. The maximum Gasteiger partial charge on any atom is 0.306 e. The van der Waals surface area contributed by atoms with E-state index in [2.05, 4.69) is 5.32 Å². The molecule has 0 aromatic heterocycles. The van der Waals surface area contributed by atoms with Gasteiger partial charge in [0.15, 0.2) is 0 Å². The Hall–Kier alpha value is -2.04. The first-order chi connectivity index (χ1) is 9.58. The number of esters is 1. The Morgan fingerprint density at radius 3 is 2.60 bits per heavy atom. The Kier molecular flexibility index (Phi) is 6.56. The average molecular weight is 279 g/mol. The van der Waals surface area contributed by atoms with Crippen LogP contribution in [0.15, 0.2) is 24.3 Å². The van der Waals surface area contributed by atoms with Gasteiger partial charge >= 0.3 is 5.97 Å². The number of hydrogen-bond acceptors (Lipinski definition) is 4. The van der Waals surface area contributed by atoms with Crippen LogP contribution in [0.2, 0.25) is 0 Å². The molecule has 0 heterocycles. The highest BCUT2D eigenvalue weighted by molar-refractivity contribution is 5.81. The third-order valence-electron chi connectivity index (χ3n) is 2.84. The van der Waals surface area contributed by atoms with Gasteiger partial charge in [0.1, 0.15) is 5.75 Å².